The van der Waals surface area contributed by atoms with Gasteiger partial charge in [0.2, 0.25) is 11.8 Å². The fraction of sp³-hybridized carbons (Fsp3) is 0.296. The number of carbonyl (C=O) groups is 2. The molecule has 1 fully saturated rings. The molecular weight excluding hydrogens is 456 g/mol. The van der Waals surface area contributed by atoms with Gasteiger partial charge < -0.3 is 20.3 Å². The molecule has 0 unspecified atom stereocenters. The van der Waals surface area contributed by atoms with E-state index in [0.29, 0.717) is 48.0 Å². The molecule has 2 heterocycles. The van der Waals surface area contributed by atoms with Crippen LogP contribution in [-0.4, -0.2) is 48.5 Å². The quantitative estimate of drug-likeness (QED) is 0.529. The van der Waals surface area contributed by atoms with E-state index in [9.17, 15) is 14.9 Å². The first kappa shape index (κ1) is 24.7. The maximum Gasteiger partial charge on any atom is 0.239 e. The number of methoxy groups -OCH3 is 1. The lowest BCUT2D eigenvalue weighted by Gasteiger charge is -2.30. The van der Waals surface area contributed by atoms with Gasteiger partial charge >= 0.3 is 0 Å². The van der Waals surface area contributed by atoms with Gasteiger partial charge in [-0.1, -0.05) is 26.0 Å². The molecule has 2 amide bonds. The number of rotatable bonds is 7. The van der Waals surface area contributed by atoms with Crippen molar-refractivity contribution in [1.82, 2.24) is 15.3 Å². The first-order valence-electron chi connectivity index (χ1n) is 11.7. The van der Waals surface area contributed by atoms with E-state index in [0.717, 1.165) is 23.4 Å². The van der Waals surface area contributed by atoms with Crippen molar-refractivity contribution in [3.05, 3.63) is 65.6 Å². The van der Waals surface area contributed by atoms with Crippen LogP contribution in [0.15, 0.2) is 48.7 Å². The fourth-order valence-corrected chi connectivity index (χ4v) is 3.95. The van der Waals surface area contributed by atoms with Gasteiger partial charge in [-0.05, 0) is 35.9 Å². The molecule has 1 saturated heterocycles. The topological polar surface area (TPSA) is 120 Å². The number of ether oxygens (including phenoxy) is 1. The summed E-state index contributed by atoms with van der Waals surface area (Å²) in [5.74, 6) is 0.972. The molecule has 0 atom stereocenters. The number of carbonyl (C=O) groups excluding carboxylic acids is 2. The van der Waals surface area contributed by atoms with Crippen molar-refractivity contribution in [3.8, 4) is 23.1 Å². The third-order valence-corrected chi connectivity index (χ3v) is 5.91. The van der Waals surface area contributed by atoms with E-state index in [2.05, 4.69) is 21.7 Å². The molecule has 4 rings (SSSR count). The molecule has 1 aliphatic heterocycles. The number of nitrogens with one attached hydrogen (secondary N) is 2. The van der Waals surface area contributed by atoms with Crippen LogP contribution < -0.4 is 20.3 Å². The van der Waals surface area contributed by atoms with Gasteiger partial charge in [0.05, 0.1) is 36.3 Å². The Morgan fingerprint density at radius 2 is 2.08 bits per heavy atom. The summed E-state index contributed by atoms with van der Waals surface area (Å²) in [6, 6.07) is 15.1. The van der Waals surface area contributed by atoms with Crippen LogP contribution >= 0.6 is 0 Å². The molecule has 0 aliphatic carbocycles. The monoisotopic (exact) mass is 484 g/mol. The number of hydrogen-bond donors (Lipinski definition) is 2. The third kappa shape index (κ3) is 5.61. The zero-order valence-electron chi connectivity index (χ0n) is 20.5. The summed E-state index contributed by atoms with van der Waals surface area (Å²) in [7, 11) is 1.61. The number of hydrogen-bond acceptors (Lipinski definition) is 7. The SMILES string of the molecule is COc1cc(Cc2nccc(-c3ccc(NC(=O)C(C)C)c(C#N)c3)n2)ccc1N1CCNC(=O)C1. The van der Waals surface area contributed by atoms with E-state index in [1.165, 1.54) is 0 Å². The van der Waals surface area contributed by atoms with E-state index in [1.807, 2.05) is 29.2 Å². The van der Waals surface area contributed by atoms with Crippen molar-refractivity contribution in [2.75, 3.05) is 37.0 Å². The lowest BCUT2D eigenvalue weighted by molar-refractivity contribution is -0.120. The van der Waals surface area contributed by atoms with Gasteiger partial charge in [-0.15, -0.1) is 0 Å². The summed E-state index contributed by atoms with van der Waals surface area (Å²) in [6.45, 7) is 5.21. The predicted molar refractivity (Wildman–Crippen MR) is 137 cm³/mol. The Balaban J connectivity index is 1.55. The second kappa shape index (κ2) is 10.9. The normalized spacial score (nSPS) is 13.2. The molecule has 36 heavy (non-hydrogen) atoms. The van der Waals surface area contributed by atoms with Gasteiger partial charge in [0.25, 0.3) is 0 Å². The Morgan fingerprint density at radius 1 is 1.25 bits per heavy atom. The van der Waals surface area contributed by atoms with Crippen molar-refractivity contribution in [3.63, 3.8) is 0 Å². The zero-order chi connectivity index (χ0) is 25.7. The summed E-state index contributed by atoms with van der Waals surface area (Å²) in [5, 5.41) is 15.2. The predicted octanol–water partition coefficient (Wildman–Crippen LogP) is 3.15. The van der Waals surface area contributed by atoms with Gasteiger partial charge in [0.1, 0.15) is 17.6 Å². The first-order valence-corrected chi connectivity index (χ1v) is 11.7. The van der Waals surface area contributed by atoms with Crippen molar-refractivity contribution < 1.29 is 14.3 Å². The number of benzene rings is 2. The highest BCUT2D eigenvalue weighted by atomic mass is 16.5. The fourth-order valence-electron chi connectivity index (χ4n) is 3.95. The molecule has 184 valence electrons. The minimum atomic E-state index is -0.187. The molecule has 1 aliphatic rings. The molecule has 0 saturated carbocycles. The van der Waals surface area contributed by atoms with Crippen LogP contribution in [0.2, 0.25) is 0 Å². The number of nitriles is 1. The Labute approximate surface area is 210 Å². The summed E-state index contributed by atoms with van der Waals surface area (Å²) in [6.07, 6.45) is 2.18. The van der Waals surface area contributed by atoms with Crippen LogP contribution in [0.1, 0.15) is 30.8 Å². The maximum absolute atomic E-state index is 12.1. The van der Waals surface area contributed by atoms with Gasteiger partial charge in [-0.3, -0.25) is 9.59 Å². The minimum Gasteiger partial charge on any atom is -0.495 e. The zero-order valence-corrected chi connectivity index (χ0v) is 20.5. The van der Waals surface area contributed by atoms with Crippen LogP contribution in [0.3, 0.4) is 0 Å². The van der Waals surface area contributed by atoms with Crippen LogP contribution in [0.25, 0.3) is 11.3 Å². The number of nitrogens with zero attached hydrogens (tertiary/aromatic N) is 4. The highest BCUT2D eigenvalue weighted by Crippen LogP contribution is 2.31. The molecule has 1 aromatic heterocycles. The molecule has 9 heteroatoms. The van der Waals surface area contributed by atoms with E-state index in [1.54, 1.807) is 45.4 Å². The summed E-state index contributed by atoms with van der Waals surface area (Å²) >= 11 is 0. The second-order valence-corrected chi connectivity index (χ2v) is 8.83. The summed E-state index contributed by atoms with van der Waals surface area (Å²) in [5.41, 5.74) is 4.13. The Bertz CT molecular complexity index is 1330. The van der Waals surface area contributed by atoms with E-state index < -0.39 is 0 Å². The Morgan fingerprint density at radius 3 is 2.81 bits per heavy atom. The lowest BCUT2D eigenvalue weighted by Crippen LogP contribution is -2.47. The largest absolute Gasteiger partial charge is 0.495 e. The van der Waals surface area contributed by atoms with Gasteiger partial charge in [-0.2, -0.15) is 5.26 Å². The second-order valence-electron chi connectivity index (χ2n) is 8.83. The minimum absolute atomic E-state index is 0.00696. The average molecular weight is 485 g/mol. The standard InChI is InChI=1S/C27H28N6O3/c1-17(2)27(35)32-21-6-5-19(14-20(21)15-28)22-8-9-29-25(31-22)13-18-4-7-23(24(12-18)36-3)33-11-10-30-26(34)16-33/h4-9,12,14,17H,10-11,13,16H2,1-3H3,(H,30,34)(H,32,35). The molecule has 0 bridgehead atoms. The van der Waals surface area contributed by atoms with E-state index in [-0.39, 0.29) is 17.7 Å². The average Bonchev–Trinajstić information content (AvgIpc) is 2.88. The van der Waals surface area contributed by atoms with E-state index in [4.69, 9.17) is 9.72 Å². The number of anilines is 2. The smallest absolute Gasteiger partial charge is 0.239 e. The van der Waals surface area contributed by atoms with Crippen molar-refractivity contribution in [1.29, 1.82) is 5.26 Å². The first-order chi connectivity index (χ1) is 17.4. The number of aromatic nitrogens is 2. The van der Waals surface area contributed by atoms with Crippen molar-refractivity contribution in [2.45, 2.75) is 20.3 Å². The molecular formula is C27H28N6O3. The Hall–Kier alpha value is -4.45. The summed E-state index contributed by atoms with van der Waals surface area (Å²) < 4.78 is 5.61. The van der Waals surface area contributed by atoms with Gasteiger partial charge in [-0.25, -0.2) is 9.97 Å². The van der Waals surface area contributed by atoms with Gasteiger partial charge in [0.15, 0.2) is 0 Å². The van der Waals surface area contributed by atoms with E-state index >= 15 is 0 Å². The van der Waals surface area contributed by atoms with Gasteiger partial charge in [0, 0.05) is 37.2 Å². The molecule has 9 nitrogen and oxygen atoms in total. The summed E-state index contributed by atoms with van der Waals surface area (Å²) in [4.78, 5) is 35.0. The number of piperazine rings is 1. The third-order valence-electron chi connectivity index (χ3n) is 5.91. The van der Waals surface area contributed by atoms with Crippen molar-refractivity contribution in [2.24, 2.45) is 5.92 Å². The number of amides is 2. The molecule has 2 N–H and O–H groups in total. The highest BCUT2D eigenvalue weighted by molar-refractivity contribution is 5.93. The highest BCUT2D eigenvalue weighted by Gasteiger charge is 2.20. The molecule has 3 aromatic rings. The van der Waals surface area contributed by atoms with Crippen LogP contribution in [0, 0.1) is 17.2 Å². The van der Waals surface area contributed by atoms with Crippen molar-refractivity contribution >= 4 is 23.2 Å². The maximum atomic E-state index is 12.1. The van der Waals surface area contributed by atoms with Crippen LogP contribution in [0.5, 0.6) is 5.75 Å². The molecule has 0 spiro atoms. The molecule has 0 radical (unpaired) electrons. The van der Waals surface area contributed by atoms with Crippen LogP contribution in [-0.2, 0) is 16.0 Å². The molecule has 2 aromatic carbocycles. The van der Waals surface area contributed by atoms with Crippen LogP contribution in [0.4, 0.5) is 11.4 Å². The Kier molecular flexibility index (Phi) is 7.44. The lowest BCUT2D eigenvalue weighted by atomic mass is 10.1.